The molecule has 1 aliphatic carbocycles. The molecule has 0 fully saturated rings. The van der Waals surface area contributed by atoms with Crippen molar-refractivity contribution in [2.75, 3.05) is 19.4 Å². The van der Waals surface area contributed by atoms with Gasteiger partial charge < -0.3 is 10.1 Å². The zero-order valence-electron chi connectivity index (χ0n) is 18.2. The highest BCUT2D eigenvalue weighted by molar-refractivity contribution is 7.99. The first-order valence-corrected chi connectivity index (χ1v) is 11.5. The number of hydrogen-bond donors (Lipinski definition) is 1. The number of rotatable bonds is 10. The third-order valence-electron chi connectivity index (χ3n) is 4.87. The lowest BCUT2D eigenvalue weighted by atomic mass is 10.1. The summed E-state index contributed by atoms with van der Waals surface area (Å²) in [6, 6.07) is 7.69. The second-order valence-corrected chi connectivity index (χ2v) is 8.80. The number of nitrogens with zero attached hydrogens (tertiary/aromatic N) is 3. The van der Waals surface area contributed by atoms with Crippen molar-refractivity contribution >= 4 is 17.7 Å². The van der Waals surface area contributed by atoms with Gasteiger partial charge in [-0.25, -0.2) is 4.39 Å². The van der Waals surface area contributed by atoms with E-state index < -0.39 is 0 Å². The first-order valence-electron chi connectivity index (χ1n) is 10.5. The van der Waals surface area contributed by atoms with Crippen molar-refractivity contribution in [2.45, 2.75) is 44.7 Å². The van der Waals surface area contributed by atoms with Crippen molar-refractivity contribution in [3.63, 3.8) is 0 Å². The van der Waals surface area contributed by atoms with Crippen LogP contribution in [0.5, 0.6) is 5.75 Å². The first kappa shape index (κ1) is 23.1. The van der Waals surface area contributed by atoms with Crippen LogP contribution in [0.3, 0.4) is 0 Å². The van der Waals surface area contributed by atoms with Crippen LogP contribution >= 0.6 is 11.8 Å². The monoisotopic (exact) mass is 444 g/mol. The molecule has 1 heterocycles. The molecule has 166 valence electrons. The Balaban J connectivity index is 1.79. The van der Waals surface area contributed by atoms with Gasteiger partial charge >= 0.3 is 0 Å². The van der Waals surface area contributed by atoms with E-state index in [-0.39, 0.29) is 11.7 Å². The Bertz CT molecular complexity index is 968. The Hall–Kier alpha value is -2.61. The van der Waals surface area contributed by atoms with Gasteiger partial charge in [0, 0.05) is 37.6 Å². The molecule has 0 atom stereocenters. The number of methoxy groups -OCH3 is 1. The summed E-state index contributed by atoms with van der Waals surface area (Å²) in [6.45, 7) is 4.79. The largest absolute Gasteiger partial charge is 0.497 e. The van der Waals surface area contributed by atoms with E-state index in [0.717, 1.165) is 22.4 Å². The summed E-state index contributed by atoms with van der Waals surface area (Å²) in [4.78, 5) is 12.2. The maximum absolute atomic E-state index is 13.3. The molecule has 0 aliphatic heterocycles. The molecule has 1 aromatic heterocycles. The van der Waals surface area contributed by atoms with Crippen molar-refractivity contribution in [3.05, 3.63) is 53.6 Å². The number of amides is 1. The van der Waals surface area contributed by atoms with Gasteiger partial charge in [-0.15, -0.1) is 10.2 Å². The zero-order chi connectivity index (χ0) is 22.2. The van der Waals surface area contributed by atoms with Crippen LogP contribution in [0.15, 0.2) is 53.0 Å². The fourth-order valence-electron chi connectivity index (χ4n) is 3.13. The highest BCUT2D eigenvalue weighted by Crippen LogP contribution is 2.29. The van der Waals surface area contributed by atoms with Crippen LogP contribution in [0.1, 0.15) is 38.9 Å². The number of carbonyl (C=O) groups is 1. The van der Waals surface area contributed by atoms with Crippen molar-refractivity contribution in [1.29, 1.82) is 0 Å². The summed E-state index contributed by atoms with van der Waals surface area (Å²) in [5.74, 6) is 2.50. The molecular weight excluding hydrogens is 415 g/mol. The average Bonchev–Trinajstić information content (AvgIpc) is 3.18. The molecule has 1 aromatic carbocycles. The van der Waals surface area contributed by atoms with E-state index in [2.05, 4.69) is 29.4 Å². The van der Waals surface area contributed by atoms with Crippen molar-refractivity contribution in [2.24, 2.45) is 5.92 Å². The number of aryl methyl sites for hydroxylation is 1. The summed E-state index contributed by atoms with van der Waals surface area (Å²) in [5, 5.41) is 12.4. The molecule has 0 spiro atoms. The van der Waals surface area contributed by atoms with Crippen LogP contribution in [0, 0.1) is 5.92 Å². The smallest absolute Gasteiger partial charge is 0.220 e. The molecule has 0 unspecified atom stereocenters. The highest BCUT2D eigenvalue weighted by atomic mass is 32.2. The van der Waals surface area contributed by atoms with Gasteiger partial charge in [-0.2, -0.15) is 0 Å². The SMILES string of the molecule is COc1cccc(-n2c(CCC(=O)NCC(C)C)nnc2SCC2=CC=C(F)CC2)c1. The van der Waals surface area contributed by atoms with Crippen molar-refractivity contribution in [1.82, 2.24) is 20.1 Å². The number of thioether (sulfide) groups is 1. The van der Waals surface area contributed by atoms with Crippen molar-refractivity contribution in [3.8, 4) is 11.4 Å². The van der Waals surface area contributed by atoms with E-state index in [9.17, 15) is 9.18 Å². The molecule has 0 bridgehead atoms. The minimum Gasteiger partial charge on any atom is -0.497 e. The van der Waals surface area contributed by atoms with Gasteiger partial charge in [0.1, 0.15) is 17.4 Å². The molecule has 1 N–H and O–H groups in total. The van der Waals surface area contributed by atoms with Gasteiger partial charge in [-0.05, 0) is 30.5 Å². The third-order valence-corrected chi connectivity index (χ3v) is 5.90. The van der Waals surface area contributed by atoms with E-state index in [1.807, 2.05) is 34.9 Å². The standard InChI is InChI=1S/C23H29FN4O2S/c1-16(2)14-25-22(29)12-11-21-26-27-23(31-15-17-7-9-18(24)10-8-17)28(21)19-5-4-6-20(13-19)30-3/h4-7,9,13,16H,8,10-12,14-15H2,1-3H3,(H,25,29). The average molecular weight is 445 g/mol. The number of aromatic nitrogens is 3. The van der Waals surface area contributed by atoms with Crippen LogP contribution in [0.4, 0.5) is 4.39 Å². The molecule has 1 aliphatic rings. The maximum atomic E-state index is 13.3. The van der Waals surface area contributed by atoms with Gasteiger partial charge in [-0.3, -0.25) is 9.36 Å². The van der Waals surface area contributed by atoms with Gasteiger partial charge in [0.2, 0.25) is 5.91 Å². The van der Waals surface area contributed by atoms with Crippen LogP contribution in [-0.4, -0.2) is 40.1 Å². The van der Waals surface area contributed by atoms with Crippen LogP contribution in [0.2, 0.25) is 0 Å². The summed E-state index contributed by atoms with van der Waals surface area (Å²) >= 11 is 1.56. The number of carbonyl (C=O) groups excluding carboxylic acids is 1. The van der Waals surface area contributed by atoms with E-state index in [1.165, 1.54) is 11.6 Å². The molecule has 3 rings (SSSR count). The predicted molar refractivity (Wildman–Crippen MR) is 121 cm³/mol. The minimum atomic E-state index is -0.0775. The zero-order valence-corrected chi connectivity index (χ0v) is 19.0. The lowest BCUT2D eigenvalue weighted by Gasteiger charge is -2.13. The number of nitrogens with one attached hydrogen (secondary N) is 1. The van der Waals surface area contributed by atoms with Gasteiger partial charge in [0.05, 0.1) is 12.8 Å². The normalized spacial score (nSPS) is 13.7. The first-order chi connectivity index (χ1) is 15.0. The molecular formula is C23H29FN4O2S. The van der Waals surface area contributed by atoms with E-state index >= 15 is 0 Å². The Kier molecular flexibility index (Phi) is 8.28. The molecule has 1 amide bonds. The van der Waals surface area contributed by atoms with Gasteiger partial charge in [0.15, 0.2) is 5.16 Å². The summed E-state index contributed by atoms with van der Waals surface area (Å²) in [6.07, 6.45) is 5.36. The Morgan fingerprint density at radius 1 is 1.29 bits per heavy atom. The fraction of sp³-hybridized carbons (Fsp3) is 0.435. The number of benzene rings is 1. The Morgan fingerprint density at radius 2 is 2.13 bits per heavy atom. The van der Waals surface area contributed by atoms with Gasteiger partial charge in [0.25, 0.3) is 0 Å². The third kappa shape index (κ3) is 6.69. The molecule has 0 radical (unpaired) electrons. The highest BCUT2D eigenvalue weighted by Gasteiger charge is 2.17. The van der Waals surface area contributed by atoms with E-state index in [0.29, 0.717) is 43.9 Å². The second kappa shape index (κ2) is 11.1. The van der Waals surface area contributed by atoms with E-state index in [1.54, 1.807) is 18.9 Å². The Morgan fingerprint density at radius 3 is 2.84 bits per heavy atom. The maximum Gasteiger partial charge on any atom is 0.220 e. The topological polar surface area (TPSA) is 69.0 Å². The van der Waals surface area contributed by atoms with Crippen LogP contribution in [0.25, 0.3) is 5.69 Å². The minimum absolute atomic E-state index is 0.00395. The second-order valence-electron chi connectivity index (χ2n) is 7.86. The van der Waals surface area contributed by atoms with Crippen LogP contribution in [-0.2, 0) is 11.2 Å². The quantitative estimate of drug-likeness (QED) is 0.541. The fourth-order valence-corrected chi connectivity index (χ4v) is 4.12. The van der Waals surface area contributed by atoms with Gasteiger partial charge in [-0.1, -0.05) is 43.3 Å². The number of hydrogen-bond acceptors (Lipinski definition) is 5. The summed E-state index contributed by atoms with van der Waals surface area (Å²) in [5.41, 5.74) is 2.05. The molecule has 31 heavy (non-hydrogen) atoms. The predicted octanol–water partition coefficient (Wildman–Crippen LogP) is 4.65. The number of allylic oxidation sites excluding steroid dienone is 3. The Labute approximate surface area is 187 Å². The number of halogens is 1. The molecule has 6 nitrogen and oxygen atoms in total. The summed E-state index contributed by atoms with van der Waals surface area (Å²) < 4.78 is 20.6. The van der Waals surface area contributed by atoms with Crippen molar-refractivity contribution < 1.29 is 13.9 Å². The van der Waals surface area contributed by atoms with E-state index in [4.69, 9.17) is 4.74 Å². The molecule has 0 saturated heterocycles. The lowest BCUT2D eigenvalue weighted by Crippen LogP contribution is -2.27. The summed E-state index contributed by atoms with van der Waals surface area (Å²) in [7, 11) is 1.63. The van der Waals surface area contributed by atoms with Crippen LogP contribution < -0.4 is 10.1 Å². The molecule has 8 heteroatoms. The molecule has 2 aromatic rings. The lowest BCUT2D eigenvalue weighted by molar-refractivity contribution is -0.121. The number of ether oxygens (including phenoxy) is 1. The molecule has 0 saturated carbocycles.